The SMILES string of the molecule is O=Cc1ccc2c(c1)oc(=O)n2CC=Cc1ccc(-c2ccccc2)c(N(C(=O)O)[C@H]2CN3CCC2CC3)c1. The first-order valence-electron chi connectivity index (χ1n) is 13.2. The summed E-state index contributed by atoms with van der Waals surface area (Å²) < 4.78 is 6.81. The number of carbonyl (C=O) groups excluding carboxylic acids is 1. The molecule has 3 fully saturated rings. The summed E-state index contributed by atoms with van der Waals surface area (Å²) in [5, 5.41) is 10.5. The molecule has 0 radical (unpaired) electrons. The predicted octanol–water partition coefficient (Wildman–Crippen LogP) is 5.37. The molecule has 3 saturated heterocycles. The van der Waals surface area contributed by atoms with Gasteiger partial charge in [0.1, 0.15) is 6.29 Å². The van der Waals surface area contributed by atoms with E-state index in [1.54, 1.807) is 23.1 Å². The second kappa shape index (κ2) is 10.4. The van der Waals surface area contributed by atoms with Crippen LogP contribution < -0.4 is 10.7 Å². The Labute approximate surface area is 225 Å². The molecule has 1 aromatic heterocycles. The van der Waals surface area contributed by atoms with Crippen molar-refractivity contribution in [3.8, 4) is 11.1 Å². The Morgan fingerprint density at radius 2 is 1.79 bits per heavy atom. The topological polar surface area (TPSA) is 96.0 Å². The summed E-state index contributed by atoms with van der Waals surface area (Å²) in [7, 11) is 0. The molecule has 0 aliphatic carbocycles. The normalized spacial score (nSPS) is 20.5. The van der Waals surface area contributed by atoms with Crippen molar-refractivity contribution in [3.05, 3.63) is 94.5 Å². The average Bonchev–Trinajstić information content (AvgIpc) is 3.28. The quantitative estimate of drug-likeness (QED) is 0.328. The van der Waals surface area contributed by atoms with Crippen molar-refractivity contribution in [1.29, 1.82) is 0 Å². The minimum atomic E-state index is -0.946. The fraction of sp³-hybridized carbons (Fsp3) is 0.258. The summed E-state index contributed by atoms with van der Waals surface area (Å²) in [6, 6.07) is 20.5. The van der Waals surface area contributed by atoms with Crippen LogP contribution in [0.5, 0.6) is 0 Å². The summed E-state index contributed by atoms with van der Waals surface area (Å²) in [4.78, 5) is 40.2. The number of amides is 1. The number of hydrogen-bond donors (Lipinski definition) is 1. The number of anilines is 1. The zero-order valence-electron chi connectivity index (χ0n) is 21.4. The zero-order chi connectivity index (χ0) is 26.9. The Kier molecular flexibility index (Phi) is 6.62. The van der Waals surface area contributed by atoms with E-state index in [1.807, 2.05) is 60.7 Å². The van der Waals surface area contributed by atoms with Crippen molar-refractivity contribution in [3.63, 3.8) is 0 Å². The number of aldehydes is 1. The largest absolute Gasteiger partial charge is 0.465 e. The molecule has 1 atom stereocenters. The van der Waals surface area contributed by atoms with Crippen LogP contribution in [0.4, 0.5) is 10.5 Å². The number of oxazole rings is 1. The van der Waals surface area contributed by atoms with Gasteiger partial charge in [-0.1, -0.05) is 54.6 Å². The highest BCUT2D eigenvalue weighted by Crippen LogP contribution is 2.39. The van der Waals surface area contributed by atoms with Gasteiger partial charge in [0.2, 0.25) is 0 Å². The number of nitrogens with zero attached hydrogens (tertiary/aromatic N) is 3. The number of carbonyl (C=O) groups is 2. The third kappa shape index (κ3) is 4.79. The second-order valence-corrected chi connectivity index (χ2v) is 10.2. The summed E-state index contributed by atoms with van der Waals surface area (Å²) >= 11 is 0. The van der Waals surface area contributed by atoms with Crippen LogP contribution >= 0.6 is 0 Å². The molecule has 39 heavy (non-hydrogen) atoms. The van der Waals surface area contributed by atoms with E-state index in [1.165, 1.54) is 4.57 Å². The maximum atomic E-state index is 12.8. The van der Waals surface area contributed by atoms with Crippen LogP contribution in [0.25, 0.3) is 28.3 Å². The molecule has 8 nitrogen and oxygen atoms in total. The van der Waals surface area contributed by atoms with Gasteiger partial charge < -0.3 is 14.4 Å². The highest BCUT2D eigenvalue weighted by atomic mass is 16.4. The van der Waals surface area contributed by atoms with E-state index in [2.05, 4.69) is 4.90 Å². The van der Waals surface area contributed by atoms with Crippen molar-refractivity contribution in [2.24, 2.45) is 5.92 Å². The van der Waals surface area contributed by atoms with Gasteiger partial charge in [-0.25, -0.2) is 9.59 Å². The van der Waals surface area contributed by atoms with Crippen LogP contribution in [0, 0.1) is 5.92 Å². The lowest BCUT2D eigenvalue weighted by molar-refractivity contribution is 0.0838. The van der Waals surface area contributed by atoms with E-state index in [-0.39, 0.29) is 12.6 Å². The van der Waals surface area contributed by atoms with Crippen molar-refractivity contribution < 1.29 is 19.1 Å². The minimum absolute atomic E-state index is 0.0983. The summed E-state index contributed by atoms with van der Waals surface area (Å²) in [6.45, 7) is 3.07. The lowest BCUT2D eigenvalue weighted by Crippen LogP contribution is -2.59. The van der Waals surface area contributed by atoms with Crippen molar-refractivity contribution in [2.45, 2.75) is 25.4 Å². The minimum Gasteiger partial charge on any atom is -0.465 e. The number of carboxylic acid groups (broad SMARTS) is 1. The number of piperidine rings is 3. The standard InChI is InChI=1S/C31H29N3O5/c35-20-22-9-11-26-29(18-22)39-31(38)33(26)14-4-5-21-8-10-25(23-6-2-1-3-7-23)27(17-21)34(30(36)37)28-19-32-15-12-24(28)13-16-32/h1-11,17-18,20,24,28H,12-16,19H2,(H,36,37)/t28-/m0/s1. The van der Waals surface area contributed by atoms with E-state index in [4.69, 9.17) is 4.42 Å². The summed E-state index contributed by atoms with van der Waals surface area (Å²) in [6.07, 6.45) is 5.53. The highest BCUT2D eigenvalue weighted by Gasteiger charge is 2.40. The first-order valence-corrected chi connectivity index (χ1v) is 13.2. The maximum absolute atomic E-state index is 12.8. The molecule has 7 rings (SSSR count). The number of rotatable bonds is 7. The molecule has 0 spiro atoms. The van der Waals surface area contributed by atoms with Crippen molar-refractivity contribution in [1.82, 2.24) is 9.47 Å². The van der Waals surface area contributed by atoms with Gasteiger partial charge in [-0.3, -0.25) is 14.3 Å². The molecular weight excluding hydrogens is 494 g/mol. The van der Waals surface area contributed by atoms with E-state index in [0.29, 0.717) is 34.6 Å². The first kappa shape index (κ1) is 24.9. The Balaban J connectivity index is 1.35. The molecule has 0 unspecified atom stereocenters. The maximum Gasteiger partial charge on any atom is 0.420 e. The van der Waals surface area contributed by atoms with Gasteiger partial charge in [-0.2, -0.15) is 0 Å². The lowest BCUT2D eigenvalue weighted by Gasteiger charge is -2.48. The van der Waals surface area contributed by atoms with Gasteiger partial charge in [-0.05, 0) is 67.2 Å². The Hall–Kier alpha value is -4.43. The van der Waals surface area contributed by atoms with E-state index in [9.17, 15) is 19.5 Å². The number of allylic oxidation sites excluding steroid dienone is 1. The molecule has 3 aliphatic rings. The molecule has 3 aliphatic heterocycles. The number of aromatic nitrogens is 1. The Morgan fingerprint density at radius 1 is 1.03 bits per heavy atom. The zero-order valence-corrected chi connectivity index (χ0v) is 21.4. The van der Waals surface area contributed by atoms with Crippen LogP contribution in [-0.2, 0) is 6.54 Å². The van der Waals surface area contributed by atoms with Gasteiger partial charge in [0.05, 0.1) is 17.2 Å². The molecule has 3 aromatic carbocycles. The van der Waals surface area contributed by atoms with Crippen LogP contribution in [0.2, 0.25) is 0 Å². The Morgan fingerprint density at radius 3 is 2.49 bits per heavy atom. The van der Waals surface area contributed by atoms with Gasteiger partial charge in [0.25, 0.3) is 0 Å². The van der Waals surface area contributed by atoms with Gasteiger partial charge in [0.15, 0.2) is 5.58 Å². The molecule has 198 valence electrons. The number of fused-ring (bicyclic) bond motifs is 4. The lowest BCUT2D eigenvalue weighted by atomic mass is 9.82. The molecule has 1 amide bonds. The van der Waals surface area contributed by atoms with Crippen molar-refractivity contribution >= 4 is 35.2 Å². The Bertz CT molecular complexity index is 1610. The first-order chi connectivity index (χ1) is 19.0. The van der Waals surface area contributed by atoms with E-state index in [0.717, 1.165) is 49.2 Å². The fourth-order valence-corrected chi connectivity index (χ4v) is 5.99. The molecule has 1 N–H and O–H groups in total. The fourth-order valence-electron chi connectivity index (χ4n) is 5.99. The van der Waals surface area contributed by atoms with Crippen LogP contribution in [-0.4, -0.2) is 52.6 Å². The highest BCUT2D eigenvalue weighted by molar-refractivity contribution is 5.94. The second-order valence-electron chi connectivity index (χ2n) is 10.2. The number of benzene rings is 3. The van der Waals surface area contributed by atoms with Gasteiger partial charge >= 0.3 is 11.8 Å². The van der Waals surface area contributed by atoms with E-state index < -0.39 is 11.8 Å². The molecule has 4 aromatic rings. The molecule has 2 bridgehead atoms. The predicted molar refractivity (Wildman–Crippen MR) is 150 cm³/mol. The molecule has 0 saturated carbocycles. The number of hydrogen-bond acceptors (Lipinski definition) is 5. The van der Waals surface area contributed by atoms with Crippen LogP contribution in [0.3, 0.4) is 0 Å². The smallest absolute Gasteiger partial charge is 0.420 e. The molecular formula is C31H29N3O5. The third-order valence-corrected chi connectivity index (χ3v) is 7.95. The molecule has 8 heteroatoms. The van der Waals surface area contributed by atoms with Crippen molar-refractivity contribution in [2.75, 3.05) is 24.5 Å². The van der Waals surface area contributed by atoms with E-state index >= 15 is 0 Å². The summed E-state index contributed by atoms with van der Waals surface area (Å²) in [5.41, 5.74) is 4.74. The van der Waals surface area contributed by atoms with Crippen LogP contribution in [0.15, 0.2) is 82.0 Å². The van der Waals surface area contributed by atoms with Crippen LogP contribution in [0.1, 0.15) is 28.8 Å². The van der Waals surface area contributed by atoms with Gasteiger partial charge in [0, 0.05) is 24.2 Å². The van der Waals surface area contributed by atoms with Gasteiger partial charge in [-0.15, -0.1) is 0 Å². The third-order valence-electron chi connectivity index (χ3n) is 7.95. The monoisotopic (exact) mass is 523 g/mol. The summed E-state index contributed by atoms with van der Waals surface area (Å²) in [5.74, 6) is -0.160. The average molecular weight is 524 g/mol. The molecule has 4 heterocycles.